The number of benzene rings is 2. The van der Waals surface area contributed by atoms with Crippen molar-refractivity contribution in [2.75, 3.05) is 5.75 Å². The highest BCUT2D eigenvalue weighted by Crippen LogP contribution is 2.32. The Kier molecular flexibility index (Phi) is 6.69. The number of rotatable bonds is 4. The van der Waals surface area contributed by atoms with Crippen molar-refractivity contribution >= 4 is 22.4 Å². The summed E-state index contributed by atoms with van der Waals surface area (Å²) in [5, 5.41) is 0. The summed E-state index contributed by atoms with van der Waals surface area (Å²) in [5.41, 5.74) is 6.30. The lowest BCUT2D eigenvalue weighted by molar-refractivity contribution is 0.627. The molecule has 1 heterocycles. The van der Waals surface area contributed by atoms with Gasteiger partial charge in [-0.3, -0.25) is 4.99 Å². The van der Waals surface area contributed by atoms with Crippen LogP contribution in [0.4, 0.5) is 4.39 Å². The van der Waals surface area contributed by atoms with Gasteiger partial charge in [-0.05, 0) is 59.7 Å². The number of aliphatic imine (C=N–C) groups is 1. The van der Waals surface area contributed by atoms with Crippen molar-refractivity contribution in [1.82, 2.24) is 0 Å². The van der Waals surface area contributed by atoms with Crippen LogP contribution in [-0.4, -0.2) is 11.5 Å². The second kappa shape index (κ2) is 9.20. The lowest BCUT2D eigenvalue weighted by atomic mass is 9.95. The molecule has 1 aliphatic rings. The van der Waals surface area contributed by atoms with E-state index in [4.69, 9.17) is 4.99 Å². The summed E-state index contributed by atoms with van der Waals surface area (Å²) in [7, 11) is 0. The van der Waals surface area contributed by atoms with Gasteiger partial charge in [0.2, 0.25) is 0 Å². The number of thioether (sulfide) groups is 1. The number of halogens is 1. The van der Waals surface area contributed by atoms with Gasteiger partial charge in [0.15, 0.2) is 0 Å². The molecule has 0 spiro atoms. The van der Waals surface area contributed by atoms with Crippen LogP contribution < -0.4 is 0 Å². The van der Waals surface area contributed by atoms with Crippen molar-refractivity contribution in [3.8, 4) is 0 Å². The lowest BCUT2D eigenvalue weighted by Crippen LogP contribution is -2.03. The van der Waals surface area contributed by atoms with Gasteiger partial charge in [0, 0.05) is 22.4 Å². The summed E-state index contributed by atoms with van der Waals surface area (Å²) in [5.74, 6) is 1.15. The van der Waals surface area contributed by atoms with Gasteiger partial charge >= 0.3 is 0 Å². The second-order valence-corrected chi connectivity index (χ2v) is 8.23. The second-order valence-electron chi connectivity index (χ2n) is 7.21. The molecule has 0 aromatic heterocycles. The average Bonchev–Trinajstić information content (AvgIpc) is 2.78. The predicted octanol–water partition coefficient (Wildman–Crippen LogP) is 7.38. The van der Waals surface area contributed by atoms with E-state index in [2.05, 4.69) is 57.7 Å². The maximum atomic E-state index is 13.3. The zero-order chi connectivity index (χ0) is 20.1. The molecule has 2 aromatic carbocycles. The maximum absolute atomic E-state index is 13.3. The number of nitrogens with zero attached hydrogens (tertiary/aromatic N) is 1. The van der Waals surface area contributed by atoms with Crippen LogP contribution in [0.5, 0.6) is 0 Å². The molecule has 28 heavy (non-hydrogen) atoms. The minimum absolute atomic E-state index is 0.226. The fourth-order valence-electron chi connectivity index (χ4n) is 3.00. The molecule has 0 saturated heterocycles. The molecule has 0 bridgehead atoms. The molecule has 1 aliphatic heterocycles. The molecule has 0 saturated carbocycles. The van der Waals surface area contributed by atoms with Gasteiger partial charge in [-0.1, -0.05) is 56.8 Å². The first-order valence-electron chi connectivity index (χ1n) is 9.61. The first-order chi connectivity index (χ1) is 13.5. The summed E-state index contributed by atoms with van der Waals surface area (Å²) >= 11 is 1.72. The van der Waals surface area contributed by atoms with Gasteiger partial charge < -0.3 is 0 Å². The molecule has 0 N–H and O–H groups in total. The largest absolute Gasteiger partial charge is 0.256 e. The highest BCUT2D eigenvalue weighted by molar-refractivity contribution is 8.08. The minimum atomic E-state index is -0.226. The number of hydrogen-bond donors (Lipinski definition) is 0. The zero-order valence-corrected chi connectivity index (χ0v) is 17.5. The van der Waals surface area contributed by atoms with E-state index in [-0.39, 0.29) is 5.82 Å². The topological polar surface area (TPSA) is 12.4 Å². The highest BCUT2D eigenvalue weighted by atomic mass is 32.2. The Bertz CT molecular complexity index is 934. The fourth-order valence-corrected chi connectivity index (χ4v) is 3.99. The van der Waals surface area contributed by atoms with E-state index in [1.807, 2.05) is 18.3 Å². The molecule has 1 unspecified atom stereocenters. The first kappa shape index (κ1) is 20.3. The fraction of sp³-hybridized carbons (Fsp3) is 0.240. The number of hydrogen-bond acceptors (Lipinski definition) is 2. The van der Waals surface area contributed by atoms with Gasteiger partial charge in [0.25, 0.3) is 0 Å². The lowest BCUT2D eigenvalue weighted by Gasteiger charge is -2.12. The molecule has 2 aromatic rings. The highest BCUT2D eigenvalue weighted by Gasteiger charge is 2.12. The van der Waals surface area contributed by atoms with Crippen LogP contribution in [0.1, 0.15) is 49.8 Å². The Hall–Kier alpha value is -2.39. The van der Waals surface area contributed by atoms with E-state index in [1.165, 1.54) is 23.3 Å². The Morgan fingerprint density at radius 3 is 2.36 bits per heavy atom. The molecular weight excluding hydrogens is 365 g/mol. The summed E-state index contributed by atoms with van der Waals surface area (Å²) in [6.45, 7) is 10.8. The summed E-state index contributed by atoms with van der Waals surface area (Å²) in [4.78, 5) is 5.82. The van der Waals surface area contributed by atoms with Crippen LogP contribution >= 0.6 is 11.8 Å². The quantitative estimate of drug-likeness (QED) is 0.530. The Balaban J connectivity index is 1.98. The van der Waals surface area contributed by atoms with Crippen molar-refractivity contribution in [2.45, 2.75) is 33.1 Å². The van der Waals surface area contributed by atoms with E-state index >= 15 is 0 Å². The third kappa shape index (κ3) is 4.90. The van der Waals surface area contributed by atoms with Gasteiger partial charge in [0.05, 0.1) is 5.71 Å². The van der Waals surface area contributed by atoms with Crippen molar-refractivity contribution in [3.63, 3.8) is 0 Å². The van der Waals surface area contributed by atoms with Crippen LogP contribution in [0.2, 0.25) is 0 Å². The Labute approximate surface area is 171 Å². The third-order valence-corrected chi connectivity index (χ3v) is 6.24. The summed E-state index contributed by atoms with van der Waals surface area (Å²) in [6, 6.07) is 15.3. The van der Waals surface area contributed by atoms with Crippen molar-refractivity contribution in [2.24, 2.45) is 4.99 Å². The summed E-state index contributed by atoms with van der Waals surface area (Å²) in [6.07, 6.45) is 5.11. The Morgan fingerprint density at radius 1 is 1.07 bits per heavy atom. The molecule has 144 valence electrons. The van der Waals surface area contributed by atoms with E-state index in [0.29, 0.717) is 5.92 Å². The van der Waals surface area contributed by atoms with E-state index in [0.717, 1.165) is 39.5 Å². The van der Waals surface area contributed by atoms with Crippen LogP contribution in [0.3, 0.4) is 0 Å². The normalized spacial score (nSPS) is 21.9. The van der Waals surface area contributed by atoms with Crippen molar-refractivity contribution in [1.29, 1.82) is 0 Å². The van der Waals surface area contributed by atoms with Gasteiger partial charge in [-0.2, -0.15) is 0 Å². The van der Waals surface area contributed by atoms with E-state index < -0.39 is 0 Å². The molecular formula is C25H26FNS. The van der Waals surface area contributed by atoms with Crippen LogP contribution in [-0.2, 0) is 0 Å². The molecule has 1 nitrogen and oxygen atoms in total. The predicted molar refractivity (Wildman–Crippen MR) is 121 cm³/mol. The monoisotopic (exact) mass is 391 g/mol. The smallest absolute Gasteiger partial charge is 0.123 e. The summed E-state index contributed by atoms with van der Waals surface area (Å²) < 4.78 is 13.3. The molecule has 3 rings (SSSR count). The molecule has 1 atom stereocenters. The SMILES string of the molecule is C=C1/C=C(/c2ccc(F)cc2)SC/C(C)=C\N=C/1c1ccc(C(C)CC)cc1. The third-order valence-electron chi connectivity index (χ3n) is 4.97. The molecule has 3 heteroatoms. The number of allylic oxidation sites excluding steroid dienone is 2. The Morgan fingerprint density at radius 2 is 1.71 bits per heavy atom. The van der Waals surface area contributed by atoms with Crippen LogP contribution in [0.15, 0.2) is 83.5 Å². The molecule has 0 amide bonds. The molecule has 0 radical (unpaired) electrons. The van der Waals surface area contributed by atoms with Crippen LogP contribution in [0.25, 0.3) is 4.91 Å². The van der Waals surface area contributed by atoms with Crippen LogP contribution in [0, 0.1) is 5.82 Å². The van der Waals surface area contributed by atoms with Gasteiger partial charge in [0.1, 0.15) is 5.82 Å². The standard InChI is InChI=1S/C25H26FNS/c1-5-18(3)20-6-8-22(9-7-20)25-19(4)14-24(28-16-17(2)15-27-25)21-10-12-23(26)13-11-21/h6-15,18H,4-5,16H2,1-3H3/b17-15-,24-14-,27-25+. The van der Waals surface area contributed by atoms with E-state index in [9.17, 15) is 4.39 Å². The maximum Gasteiger partial charge on any atom is 0.123 e. The molecule has 0 aliphatic carbocycles. The van der Waals surface area contributed by atoms with Gasteiger partial charge in [-0.25, -0.2) is 4.39 Å². The van der Waals surface area contributed by atoms with Crippen molar-refractivity contribution < 1.29 is 4.39 Å². The van der Waals surface area contributed by atoms with E-state index in [1.54, 1.807) is 11.8 Å². The zero-order valence-electron chi connectivity index (χ0n) is 16.7. The van der Waals surface area contributed by atoms with Gasteiger partial charge in [-0.15, -0.1) is 11.8 Å². The first-order valence-corrected chi connectivity index (χ1v) is 10.6. The van der Waals surface area contributed by atoms with Crippen molar-refractivity contribution in [3.05, 3.63) is 101 Å². The minimum Gasteiger partial charge on any atom is -0.256 e. The average molecular weight is 392 g/mol. The molecule has 0 fully saturated rings.